The van der Waals surface area contributed by atoms with Crippen molar-refractivity contribution in [3.63, 3.8) is 0 Å². The number of carbonyl (C=O) groups excluding carboxylic acids is 1. The molecule has 7 heteroatoms. The molecule has 5 nitrogen and oxygen atoms in total. The van der Waals surface area contributed by atoms with Crippen molar-refractivity contribution in [1.82, 2.24) is 0 Å². The minimum Gasteiger partial charge on any atom is -0.465 e. The Labute approximate surface area is 162 Å². The molecule has 0 saturated carbocycles. The van der Waals surface area contributed by atoms with Gasteiger partial charge >= 0.3 is 5.97 Å². The van der Waals surface area contributed by atoms with Crippen molar-refractivity contribution in [2.45, 2.75) is 18.7 Å². The van der Waals surface area contributed by atoms with Crippen LogP contribution in [0.25, 0.3) is 11.1 Å². The molecule has 0 amide bonds. The van der Waals surface area contributed by atoms with Gasteiger partial charge in [0.25, 0.3) is 10.0 Å². The Hall–Kier alpha value is -2.64. The average Bonchev–Trinajstić information content (AvgIpc) is 3.08. The van der Waals surface area contributed by atoms with Gasteiger partial charge in [-0.2, -0.15) is 0 Å². The Balaban J connectivity index is 2.00. The van der Waals surface area contributed by atoms with Gasteiger partial charge in [0.2, 0.25) is 0 Å². The summed E-state index contributed by atoms with van der Waals surface area (Å²) >= 11 is 1.12. The summed E-state index contributed by atoms with van der Waals surface area (Å²) in [6, 6.07) is 14.3. The van der Waals surface area contributed by atoms with Crippen LogP contribution in [0.4, 0.5) is 5.69 Å². The summed E-state index contributed by atoms with van der Waals surface area (Å²) in [5.74, 6) is -0.577. The maximum absolute atomic E-state index is 12.9. The lowest BCUT2D eigenvalue weighted by Gasteiger charge is -2.13. The summed E-state index contributed by atoms with van der Waals surface area (Å²) in [5.41, 5.74) is 4.20. The lowest BCUT2D eigenvalue weighted by atomic mass is 9.96. The van der Waals surface area contributed by atoms with Crippen LogP contribution < -0.4 is 4.72 Å². The van der Waals surface area contributed by atoms with E-state index in [1.807, 2.05) is 38.1 Å². The van der Waals surface area contributed by atoms with Gasteiger partial charge in [-0.05, 0) is 59.7 Å². The van der Waals surface area contributed by atoms with Crippen LogP contribution in [-0.4, -0.2) is 21.5 Å². The molecule has 0 radical (unpaired) electrons. The number of esters is 1. The second-order valence-electron chi connectivity index (χ2n) is 6.06. The van der Waals surface area contributed by atoms with E-state index in [0.29, 0.717) is 0 Å². The van der Waals surface area contributed by atoms with Crippen molar-refractivity contribution >= 4 is 33.0 Å². The molecule has 1 heterocycles. The number of rotatable bonds is 5. The molecule has 1 N–H and O–H groups in total. The number of hydrogen-bond donors (Lipinski definition) is 1. The van der Waals surface area contributed by atoms with Gasteiger partial charge in [0.15, 0.2) is 0 Å². The van der Waals surface area contributed by atoms with E-state index in [-0.39, 0.29) is 15.5 Å². The van der Waals surface area contributed by atoms with Crippen LogP contribution in [0, 0.1) is 13.8 Å². The van der Waals surface area contributed by atoms with E-state index in [2.05, 4.69) is 4.72 Å². The zero-order valence-corrected chi connectivity index (χ0v) is 16.8. The fraction of sp³-hybridized carbons (Fsp3) is 0.150. The first kappa shape index (κ1) is 19.1. The average molecular weight is 402 g/mol. The second kappa shape index (κ2) is 7.54. The van der Waals surface area contributed by atoms with Gasteiger partial charge in [-0.3, -0.25) is 4.72 Å². The zero-order chi connectivity index (χ0) is 19.6. The van der Waals surface area contributed by atoms with Gasteiger partial charge in [0, 0.05) is 0 Å². The first-order valence-corrected chi connectivity index (χ1v) is 10.5. The molecule has 3 aromatic rings. The molecule has 0 aliphatic rings. The molecule has 27 heavy (non-hydrogen) atoms. The van der Waals surface area contributed by atoms with Gasteiger partial charge in [-0.25, -0.2) is 13.2 Å². The predicted octanol–water partition coefficient (Wildman–Crippen LogP) is 4.62. The predicted molar refractivity (Wildman–Crippen MR) is 108 cm³/mol. The maximum Gasteiger partial charge on any atom is 0.350 e. The normalized spacial score (nSPS) is 11.2. The monoisotopic (exact) mass is 401 g/mol. The number of sulfonamides is 1. The van der Waals surface area contributed by atoms with E-state index in [1.165, 1.54) is 13.2 Å². The highest BCUT2D eigenvalue weighted by Gasteiger charge is 2.21. The van der Waals surface area contributed by atoms with Crippen molar-refractivity contribution < 1.29 is 17.9 Å². The van der Waals surface area contributed by atoms with Crippen LogP contribution in [0.3, 0.4) is 0 Å². The van der Waals surface area contributed by atoms with Gasteiger partial charge < -0.3 is 4.74 Å². The summed E-state index contributed by atoms with van der Waals surface area (Å²) in [6.07, 6.45) is 0. The Morgan fingerprint density at radius 1 is 1.04 bits per heavy atom. The number of thiophene rings is 1. The number of ether oxygens (including phenoxy) is 1. The fourth-order valence-electron chi connectivity index (χ4n) is 2.93. The minimum absolute atomic E-state index is 0.129. The highest BCUT2D eigenvalue weighted by atomic mass is 32.2. The largest absolute Gasteiger partial charge is 0.465 e. The van der Waals surface area contributed by atoms with E-state index in [0.717, 1.165) is 33.6 Å². The molecular formula is C20H19NO4S2. The van der Waals surface area contributed by atoms with E-state index in [9.17, 15) is 13.2 Å². The Morgan fingerprint density at radius 3 is 2.37 bits per heavy atom. The summed E-state index contributed by atoms with van der Waals surface area (Å²) in [6.45, 7) is 3.99. The third-order valence-corrected chi connectivity index (χ3v) is 6.45. The topological polar surface area (TPSA) is 72.5 Å². The number of hydrogen-bond acceptors (Lipinski definition) is 5. The quantitative estimate of drug-likeness (QED) is 0.633. The molecule has 2 aromatic carbocycles. The minimum atomic E-state index is -3.85. The number of nitrogens with one attached hydrogen (secondary N) is 1. The van der Waals surface area contributed by atoms with E-state index < -0.39 is 16.0 Å². The molecule has 0 aliphatic heterocycles. The lowest BCUT2D eigenvalue weighted by molar-refractivity contribution is 0.0607. The third kappa shape index (κ3) is 3.89. The maximum atomic E-state index is 12.9. The molecule has 3 rings (SSSR count). The number of aryl methyl sites for hydroxylation is 2. The standard InChI is InChI=1S/C20H19NO4S2/c1-13-6-4-7-14(2)18(13)15-8-5-9-16(12-15)27(23,24)21-17-10-11-26-19(17)20(22)25-3/h4-12,21H,1-3H3. The van der Waals surface area contributed by atoms with Gasteiger partial charge in [-0.1, -0.05) is 30.3 Å². The molecule has 1 aromatic heterocycles. The first-order valence-electron chi connectivity index (χ1n) is 8.19. The smallest absolute Gasteiger partial charge is 0.350 e. The molecule has 0 aliphatic carbocycles. The molecule has 0 unspecified atom stereocenters. The van der Waals surface area contributed by atoms with Crippen LogP contribution >= 0.6 is 11.3 Å². The van der Waals surface area contributed by atoms with E-state index in [4.69, 9.17) is 4.74 Å². The van der Waals surface area contributed by atoms with Gasteiger partial charge in [0.1, 0.15) is 4.88 Å². The van der Waals surface area contributed by atoms with Crippen molar-refractivity contribution in [2.75, 3.05) is 11.8 Å². The molecule has 140 valence electrons. The molecule has 0 spiro atoms. The Morgan fingerprint density at radius 2 is 1.70 bits per heavy atom. The van der Waals surface area contributed by atoms with Crippen molar-refractivity contribution in [2.24, 2.45) is 0 Å². The van der Waals surface area contributed by atoms with E-state index >= 15 is 0 Å². The zero-order valence-electron chi connectivity index (χ0n) is 15.1. The third-order valence-electron chi connectivity index (χ3n) is 4.19. The summed E-state index contributed by atoms with van der Waals surface area (Å²) in [4.78, 5) is 12.1. The number of methoxy groups -OCH3 is 1. The molecular weight excluding hydrogens is 382 g/mol. The molecule has 0 fully saturated rings. The summed E-state index contributed by atoms with van der Waals surface area (Å²) < 4.78 is 32.9. The Bertz CT molecular complexity index is 1080. The first-order chi connectivity index (χ1) is 12.8. The van der Waals surface area contributed by atoms with Gasteiger partial charge in [-0.15, -0.1) is 11.3 Å². The molecule has 0 bridgehead atoms. The highest BCUT2D eigenvalue weighted by molar-refractivity contribution is 7.92. The number of anilines is 1. The molecule has 0 saturated heterocycles. The highest BCUT2D eigenvalue weighted by Crippen LogP contribution is 2.30. The van der Waals surface area contributed by atoms with Crippen molar-refractivity contribution in [3.8, 4) is 11.1 Å². The van der Waals surface area contributed by atoms with Crippen LogP contribution in [0.5, 0.6) is 0 Å². The number of benzene rings is 2. The van der Waals surface area contributed by atoms with E-state index in [1.54, 1.807) is 23.6 Å². The Kier molecular flexibility index (Phi) is 5.34. The number of carbonyl (C=O) groups is 1. The van der Waals surface area contributed by atoms with Crippen LogP contribution in [-0.2, 0) is 14.8 Å². The van der Waals surface area contributed by atoms with Crippen LogP contribution in [0.2, 0.25) is 0 Å². The summed E-state index contributed by atoms with van der Waals surface area (Å²) in [7, 11) is -2.60. The van der Waals surface area contributed by atoms with Gasteiger partial charge in [0.05, 0.1) is 17.7 Å². The SMILES string of the molecule is COC(=O)c1sccc1NS(=O)(=O)c1cccc(-c2c(C)cccc2C)c1. The van der Waals surface area contributed by atoms with Crippen molar-refractivity contribution in [3.05, 3.63) is 69.9 Å². The fourth-order valence-corrected chi connectivity index (χ4v) is 4.88. The van der Waals surface area contributed by atoms with Crippen LogP contribution in [0.15, 0.2) is 58.8 Å². The molecule has 0 atom stereocenters. The van der Waals surface area contributed by atoms with Crippen LogP contribution in [0.1, 0.15) is 20.8 Å². The lowest BCUT2D eigenvalue weighted by Crippen LogP contribution is -2.14. The van der Waals surface area contributed by atoms with Crippen molar-refractivity contribution in [1.29, 1.82) is 0 Å². The summed E-state index contributed by atoms with van der Waals surface area (Å²) in [5, 5.41) is 1.64. The second-order valence-corrected chi connectivity index (χ2v) is 8.65.